The quantitative estimate of drug-likeness (QED) is 0.766. The summed E-state index contributed by atoms with van der Waals surface area (Å²) in [5.41, 5.74) is 9.96. The van der Waals surface area contributed by atoms with E-state index in [1.165, 1.54) is 5.56 Å². The van der Waals surface area contributed by atoms with Gasteiger partial charge in [0, 0.05) is 17.4 Å². The van der Waals surface area contributed by atoms with Gasteiger partial charge in [-0.25, -0.2) is 0 Å². The van der Waals surface area contributed by atoms with Gasteiger partial charge in [0.15, 0.2) is 0 Å². The Kier molecular flexibility index (Phi) is 4.88. The van der Waals surface area contributed by atoms with Gasteiger partial charge in [0.05, 0.1) is 12.3 Å². The Morgan fingerprint density at radius 3 is 2.35 bits per heavy atom. The van der Waals surface area contributed by atoms with E-state index < -0.39 is 0 Å². The van der Waals surface area contributed by atoms with Gasteiger partial charge in [0.1, 0.15) is 5.75 Å². The fraction of sp³-hybridized carbons (Fsp3) is 0.294. The van der Waals surface area contributed by atoms with Crippen LogP contribution in [0, 0.1) is 0 Å². The van der Waals surface area contributed by atoms with Crippen molar-refractivity contribution in [2.75, 3.05) is 17.7 Å². The number of nitrogen functional groups attached to an aromatic ring is 1. The minimum Gasteiger partial charge on any atom is -0.491 e. The van der Waals surface area contributed by atoms with Gasteiger partial charge in [-0.3, -0.25) is 0 Å². The largest absolute Gasteiger partial charge is 0.491 e. The van der Waals surface area contributed by atoms with Gasteiger partial charge in [-0.15, -0.1) is 0 Å². The molecule has 3 N–H and O–H groups in total. The maximum Gasteiger partial charge on any atom is 0.144 e. The molecular weight excluding hydrogens is 248 g/mol. The molecule has 0 radical (unpaired) electrons. The summed E-state index contributed by atoms with van der Waals surface area (Å²) >= 11 is 0. The molecule has 0 fully saturated rings. The average Bonchev–Trinajstić information content (AvgIpc) is 2.48. The molecule has 3 nitrogen and oxygen atoms in total. The Balaban J connectivity index is 2.11. The molecule has 20 heavy (non-hydrogen) atoms. The smallest absolute Gasteiger partial charge is 0.144 e. The summed E-state index contributed by atoms with van der Waals surface area (Å²) in [5, 5.41) is 3.36. The molecule has 0 unspecified atom stereocenters. The molecule has 2 rings (SSSR count). The van der Waals surface area contributed by atoms with Crippen molar-refractivity contribution in [3.63, 3.8) is 0 Å². The predicted molar refractivity (Wildman–Crippen MR) is 85.7 cm³/mol. The SMILES string of the molecule is CCCOc1cc(Nc2ccc(CC)cc2)ccc1N. The molecular formula is C17H22N2O. The van der Waals surface area contributed by atoms with E-state index in [1.54, 1.807) is 0 Å². The number of ether oxygens (including phenoxy) is 1. The topological polar surface area (TPSA) is 47.3 Å². The van der Waals surface area contributed by atoms with E-state index in [0.717, 1.165) is 30.0 Å². The third kappa shape index (κ3) is 3.67. The van der Waals surface area contributed by atoms with Gasteiger partial charge in [0.25, 0.3) is 0 Å². The maximum atomic E-state index is 5.91. The lowest BCUT2D eigenvalue weighted by Gasteiger charge is -2.12. The van der Waals surface area contributed by atoms with E-state index in [9.17, 15) is 0 Å². The summed E-state index contributed by atoms with van der Waals surface area (Å²) in [4.78, 5) is 0. The number of benzene rings is 2. The molecule has 0 spiro atoms. The van der Waals surface area contributed by atoms with Gasteiger partial charge >= 0.3 is 0 Å². The van der Waals surface area contributed by atoms with Crippen molar-refractivity contribution in [1.82, 2.24) is 0 Å². The van der Waals surface area contributed by atoms with Crippen LogP contribution in [0.15, 0.2) is 42.5 Å². The van der Waals surface area contributed by atoms with Crippen molar-refractivity contribution < 1.29 is 4.74 Å². The van der Waals surface area contributed by atoms with Gasteiger partial charge in [-0.2, -0.15) is 0 Å². The van der Waals surface area contributed by atoms with Crippen molar-refractivity contribution in [1.29, 1.82) is 0 Å². The molecule has 2 aromatic rings. The molecule has 0 aromatic heterocycles. The highest BCUT2D eigenvalue weighted by atomic mass is 16.5. The van der Waals surface area contributed by atoms with Crippen molar-refractivity contribution in [3.05, 3.63) is 48.0 Å². The van der Waals surface area contributed by atoms with Gasteiger partial charge in [0.2, 0.25) is 0 Å². The highest BCUT2D eigenvalue weighted by molar-refractivity contribution is 5.66. The molecule has 0 aliphatic heterocycles. The lowest BCUT2D eigenvalue weighted by atomic mass is 10.1. The number of aryl methyl sites for hydroxylation is 1. The van der Waals surface area contributed by atoms with E-state index >= 15 is 0 Å². The molecule has 0 atom stereocenters. The molecule has 0 saturated carbocycles. The first-order chi connectivity index (χ1) is 9.72. The van der Waals surface area contributed by atoms with Gasteiger partial charge in [-0.1, -0.05) is 26.0 Å². The first kappa shape index (κ1) is 14.3. The lowest BCUT2D eigenvalue weighted by molar-refractivity contribution is 0.319. The predicted octanol–water partition coefficient (Wildman–Crippen LogP) is 4.36. The van der Waals surface area contributed by atoms with Crippen LogP contribution in [0.1, 0.15) is 25.8 Å². The summed E-state index contributed by atoms with van der Waals surface area (Å²) in [5.74, 6) is 0.738. The summed E-state index contributed by atoms with van der Waals surface area (Å²) < 4.78 is 5.64. The van der Waals surface area contributed by atoms with Crippen LogP contribution in [0.3, 0.4) is 0 Å². The van der Waals surface area contributed by atoms with Crippen LogP contribution < -0.4 is 15.8 Å². The van der Waals surface area contributed by atoms with Crippen LogP contribution >= 0.6 is 0 Å². The molecule has 0 heterocycles. The molecule has 0 aliphatic rings. The van der Waals surface area contributed by atoms with Crippen LogP contribution in [0.4, 0.5) is 17.1 Å². The van der Waals surface area contributed by atoms with E-state index in [2.05, 4.69) is 43.4 Å². The summed E-state index contributed by atoms with van der Waals surface area (Å²) in [6.07, 6.45) is 2.02. The van der Waals surface area contributed by atoms with E-state index in [4.69, 9.17) is 10.5 Å². The third-order valence-electron chi connectivity index (χ3n) is 3.13. The van der Waals surface area contributed by atoms with Gasteiger partial charge < -0.3 is 15.8 Å². The minimum atomic E-state index is 0.672. The molecule has 106 valence electrons. The molecule has 2 aromatic carbocycles. The summed E-state index contributed by atoms with van der Waals surface area (Å²) in [6, 6.07) is 14.2. The normalized spacial score (nSPS) is 10.3. The Bertz CT molecular complexity index is 549. The zero-order chi connectivity index (χ0) is 14.4. The lowest BCUT2D eigenvalue weighted by Crippen LogP contribution is -2.00. The highest BCUT2D eigenvalue weighted by Crippen LogP contribution is 2.27. The zero-order valence-corrected chi connectivity index (χ0v) is 12.1. The second-order valence-corrected chi connectivity index (χ2v) is 4.78. The molecule has 0 bridgehead atoms. The molecule has 3 heteroatoms. The van der Waals surface area contributed by atoms with E-state index in [1.807, 2.05) is 18.2 Å². The monoisotopic (exact) mass is 270 g/mol. The fourth-order valence-electron chi connectivity index (χ4n) is 1.94. The number of nitrogens with two attached hydrogens (primary N) is 1. The van der Waals surface area contributed by atoms with E-state index in [0.29, 0.717) is 12.3 Å². The van der Waals surface area contributed by atoms with Crippen molar-refractivity contribution in [2.45, 2.75) is 26.7 Å². The number of nitrogens with one attached hydrogen (secondary N) is 1. The van der Waals surface area contributed by atoms with Crippen LogP contribution in [0.25, 0.3) is 0 Å². The zero-order valence-electron chi connectivity index (χ0n) is 12.1. The van der Waals surface area contributed by atoms with Crippen LogP contribution in [0.2, 0.25) is 0 Å². The number of rotatable bonds is 6. The number of hydrogen-bond acceptors (Lipinski definition) is 3. The molecule has 0 saturated heterocycles. The van der Waals surface area contributed by atoms with Crippen molar-refractivity contribution in [3.8, 4) is 5.75 Å². The van der Waals surface area contributed by atoms with Crippen LogP contribution in [-0.4, -0.2) is 6.61 Å². The second-order valence-electron chi connectivity index (χ2n) is 4.78. The van der Waals surface area contributed by atoms with Crippen molar-refractivity contribution in [2.24, 2.45) is 0 Å². The Morgan fingerprint density at radius 2 is 1.70 bits per heavy atom. The summed E-state index contributed by atoms with van der Waals surface area (Å²) in [6.45, 7) is 4.91. The van der Waals surface area contributed by atoms with E-state index in [-0.39, 0.29) is 0 Å². The highest BCUT2D eigenvalue weighted by Gasteiger charge is 2.03. The third-order valence-corrected chi connectivity index (χ3v) is 3.13. The number of hydrogen-bond donors (Lipinski definition) is 2. The molecule has 0 amide bonds. The Labute approximate surface area is 120 Å². The fourth-order valence-corrected chi connectivity index (χ4v) is 1.94. The Hall–Kier alpha value is -2.16. The first-order valence-electron chi connectivity index (χ1n) is 7.11. The van der Waals surface area contributed by atoms with Crippen LogP contribution in [0.5, 0.6) is 5.75 Å². The molecule has 0 aliphatic carbocycles. The van der Waals surface area contributed by atoms with Crippen LogP contribution in [-0.2, 0) is 6.42 Å². The minimum absolute atomic E-state index is 0.672. The second kappa shape index (κ2) is 6.85. The Morgan fingerprint density at radius 1 is 1.00 bits per heavy atom. The summed E-state index contributed by atoms with van der Waals surface area (Å²) in [7, 11) is 0. The van der Waals surface area contributed by atoms with Crippen molar-refractivity contribution >= 4 is 17.1 Å². The van der Waals surface area contributed by atoms with Gasteiger partial charge in [-0.05, 0) is 42.7 Å². The average molecular weight is 270 g/mol. The number of anilines is 3. The first-order valence-corrected chi connectivity index (χ1v) is 7.11. The maximum absolute atomic E-state index is 5.91. The standard InChI is InChI=1S/C17H22N2O/c1-3-11-20-17-12-15(9-10-16(17)18)19-14-7-5-13(4-2)6-8-14/h5-10,12,19H,3-4,11,18H2,1-2H3.